The van der Waals surface area contributed by atoms with Crippen LogP contribution in [-0.2, 0) is 4.79 Å². The lowest BCUT2D eigenvalue weighted by Gasteiger charge is -2.09. The van der Waals surface area contributed by atoms with E-state index in [0.29, 0.717) is 46.8 Å². The number of hydrogen-bond acceptors (Lipinski definition) is 6. The second kappa shape index (κ2) is 9.23. The monoisotopic (exact) mass is 395 g/mol. The Balaban J connectivity index is 1.85. The van der Waals surface area contributed by atoms with Crippen molar-refractivity contribution in [1.29, 1.82) is 0 Å². The zero-order valence-corrected chi connectivity index (χ0v) is 17.1. The van der Waals surface area contributed by atoms with E-state index in [-0.39, 0.29) is 5.91 Å². The average Bonchev–Trinajstić information content (AvgIpc) is 3.22. The highest BCUT2D eigenvalue weighted by atomic mass is 16.5. The maximum Gasteiger partial charge on any atom is 0.260 e. The third-order valence-corrected chi connectivity index (χ3v) is 4.45. The van der Waals surface area contributed by atoms with Crippen LogP contribution < -0.4 is 14.8 Å². The molecule has 3 rings (SSSR count). The molecule has 29 heavy (non-hydrogen) atoms. The Bertz CT molecular complexity index is 982. The molecule has 1 amide bonds. The van der Waals surface area contributed by atoms with Crippen molar-refractivity contribution in [1.82, 2.24) is 10.1 Å². The van der Waals surface area contributed by atoms with Gasteiger partial charge >= 0.3 is 0 Å². The molecule has 0 aliphatic rings. The average molecular weight is 395 g/mol. The summed E-state index contributed by atoms with van der Waals surface area (Å²) in [6.45, 7) is 4.19. The molecule has 0 spiro atoms. The van der Waals surface area contributed by atoms with Gasteiger partial charge in [-0.05, 0) is 42.7 Å². The predicted octanol–water partition coefficient (Wildman–Crippen LogP) is 4.80. The van der Waals surface area contributed by atoms with Gasteiger partial charge in [0.15, 0.2) is 11.5 Å². The SMILES string of the molecule is COc1ccc(-c2noc(-c3ccccc3NC(=O)CCC(C)C)n2)cc1OC. The second-order valence-corrected chi connectivity index (χ2v) is 7.02. The Morgan fingerprint density at radius 1 is 1.10 bits per heavy atom. The van der Waals surface area contributed by atoms with Crippen LogP contribution in [0.25, 0.3) is 22.8 Å². The molecular formula is C22H25N3O4. The number of nitrogens with one attached hydrogen (secondary N) is 1. The normalized spacial score (nSPS) is 10.8. The number of nitrogens with zero attached hydrogens (tertiary/aromatic N) is 2. The fourth-order valence-corrected chi connectivity index (χ4v) is 2.84. The zero-order chi connectivity index (χ0) is 20.8. The first kappa shape index (κ1) is 20.4. The Morgan fingerprint density at radius 3 is 2.59 bits per heavy atom. The van der Waals surface area contributed by atoms with Gasteiger partial charge in [-0.25, -0.2) is 0 Å². The molecule has 1 N–H and O–H groups in total. The topological polar surface area (TPSA) is 86.5 Å². The Labute approximate surface area is 170 Å². The van der Waals surface area contributed by atoms with Crippen LogP contribution in [0.3, 0.4) is 0 Å². The number of para-hydroxylation sites is 1. The van der Waals surface area contributed by atoms with E-state index in [9.17, 15) is 4.79 Å². The van der Waals surface area contributed by atoms with Crippen LogP contribution in [0.2, 0.25) is 0 Å². The molecule has 0 atom stereocenters. The van der Waals surface area contributed by atoms with Gasteiger partial charge in [-0.1, -0.05) is 31.1 Å². The van der Waals surface area contributed by atoms with E-state index < -0.39 is 0 Å². The van der Waals surface area contributed by atoms with Crippen molar-refractivity contribution < 1.29 is 18.8 Å². The van der Waals surface area contributed by atoms with Gasteiger partial charge in [-0.15, -0.1) is 0 Å². The first-order valence-corrected chi connectivity index (χ1v) is 9.47. The number of aromatic nitrogens is 2. The first-order valence-electron chi connectivity index (χ1n) is 9.47. The van der Waals surface area contributed by atoms with Crippen LogP contribution in [0.4, 0.5) is 5.69 Å². The molecule has 1 aromatic heterocycles. The van der Waals surface area contributed by atoms with E-state index >= 15 is 0 Å². The highest BCUT2D eigenvalue weighted by Gasteiger charge is 2.16. The summed E-state index contributed by atoms with van der Waals surface area (Å²) in [6.07, 6.45) is 1.30. The minimum Gasteiger partial charge on any atom is -0.493 e. The van der Waals surface area contributed by atoms with Crippen molar-refractivity contribution in [2.45, 2.75) is 26.7 Å². The minimum atomic E-state index is -0.0363. The number of hydrogen-bond donors (Lipinski definition) is 1. The number of carbonyl (C=O) groups is 1. The molecule has 152 valence electrons. The van der Waals surface area contributed by atoms with Crippen LogP contribution in [0.5, 0.6) is 11.5 Å². The van der Waals surface area contributed by atoms with E-state index in [0.717, 1.165) is 12.0 Å². The largest absolute Gasteiger partial charge is 0.493 e. The molecular weight excluding hydrogens is 370 g/mol. The van der Waals surface area contributed by atoms with Crippen LogP contribution in [0.15, 0.2) is 47.0 Å². The van der Waals surface area contributed by atoms with Gasteiger partial charge in [0.25, 0.3) is 5.89 Å². The van der Waals surface area contributed by atoms with E-state index in [1.165, 1.54) is 0 Å². The first-order chi connectivity index (χ1) is 14.0. The fraction of sp³-hybridized carbons (Fsp3) is 0.318. The van der Waals surface area contributed by atoms with Crippen molar-refractivity contribution in [2.24, 2.45) is 5.92 Å². The van der Waals surface area contributed by atoms with Gasteiger partial charge in [0.2, 0.25) is 11.7 Å². The standard InChI is InChI=1S/C22H25N3O4/c1-14(2)9-12-20(26)23-17-8-6-5-7-16(17)22-24-21(25-29-22)15-10-11-18(27-3)19(13-15)28-4/h5-8,10-11,13-14H,9,12H2,1-4H3,(H,23,26). The van der Waals surface area contributed by atoms with Crippen molar-refractivity contribution in [3.63, 3.8) is 0 Å². The maximum absolute atomic E-state index is 12.3. The lowest BCUT2D eigenvalue weighted by Crippen LogP contribution is -2.12. The fourth-order valence-electron chi connectivity index (χ4n) is 2.84. The summed E-state index contributed by atoms with van der Waals surface area (Å²) in [5.41, 5.74) is 2.05. The summed E-state index contributed by atoms with van der Waals surface area (Å²) in [6, 6.07) is 12.8. The molecule has 3 aromatic rings. The lowest BCUT2D eigenvalue weighted by molar-refractivity contribution is -0.116. The van der Waals surface area contributed by atoms with Crippen molar-refractivity contribution in [3.05, 3.63) is 42.5 Å². The van der Waals surface area contributed by atoms with Crippen molar-refractivity contribution in [2.75, 3.05) is 19.5 Å². The Kier molecular flexibility index (Phi) is 6.49. The molecule has 1 heterocycles. The number of rotatable bonds is 8. The van der Waals surface area contributed by atoms with Gasteiger partial charge in [-0.2, -0.15) is 4.98 Å². The quantitative estimate of drug-likeness (QED) is 0.590. The summed E-state index contributed by atoms with van der Waals surface area (Å²) in [7, 11) is 3.15. The molecule has 7 heteroatoms. The van der Waals surface area contributed by atoms with Crippen molar-refractivity contribution in [3.8, 4) is 34.3 Å². The maximum atomic E-state index is 12.3. The van der Waals surface area contributed by atoms with Gasteiger partial charge < -0.3 is 19.3 Å². The van der Waals surface area contributed by atoms with Gasteiger partial charge in [0.1, 0.15) is 0 Å². The number of anilines is 1. The second-order valence-electron chi connectivity index (χ2n) is 7.02. The predicted molar refractivity (Wildman–Crippen MR) is 111 cm³/mol. The minimum absolute atomic E-state index is 0.0363. The Hall–Kier alpha value is -3.35. The van der Waals surface area contributed by atoms with E-state index in [4.69, 9.17) is 14.0 Å². The third-order valence-electron chi connectivity index (χ3n) is 4.45. The number of amides is 1. The van der Waals surface area contributed by atoms with Gasteiger partial charge in [0.05, 0.1) is 25.5 Å². The lowest BCUT2D eigenvalue weighted by atomic mass is 10.1. The molecule has 0 aliphatic heterocycles. The van der Waals surface area contributed by atoms with Crippen molar-refractivity contribution >= 4 is 11.6 Å². The highest BCUT2D eigenvalue weighted by Crippen LogP contribution is 2.33. The molecule has 0 fully saturated rings. The number of benzene rings is 2. The van der Waals surface area contributed by atoms with Crippen LogP contribution >= 0.6 is 0 Å². The van der Waals surface area contributed by atoms with Gasteiger partial charge in [0, 0.05) is 12.0 Å². The van der Waals surface area contributed by atoms with Crippen LogP contribution in [-0.4, -0.2) is 30.3 Å². The molecule has 2 aromatic carbocycles. The van der Waals surface area contributed by atoms with Gasteiger partial charge in [-0.3, -0.25) is 4.79 Å². The molecule has 0 saturated carbocycles. The highest BCUT2D eigenvalue weighted by molar-refractivity contribution is 5.94. The smallest absolute Gasteiger partial charge is 0.260 e. The van der Waals surface area contributed by atoms with E-state index in [1.54, 1.807) is 26.4 Å². The van der Waals surface area contributed by atoms with E-state index in [1.807, 2.05) is 30.3 Å². The van der Waals surface area contributed by atoms with E-state index in [2.05, 4.69) is 29.3 Å². The molecule has 0 aliphatic carbocycles. The third kappa shape index (κ3) is 4.93. The Morgan fingerprint density at radius 2 is 1.86 bits per heavy atom. The summed E-state index contributed by atoms with van der Waals surface area (Å²) in [4.78, 5) is 16.8. The van der Waals surface area contributed by atoms with Crippen LogP contribution in [0.1, 0.15) is 26.7 Å². The zero-order valence-electron chi connectivity index (χ0n) is 17.1. The molecule has 7 nitrogen and oxygen atoms in total. The molecule has 0 saturated heterocycles. The number of methoxy groups -OCH3 is 2. The molecule has 0 bridgehead atoms. The summed E-state index contributed by atoms with van der Waals surface area (Å²) in [5, 5.41) is 7.02. The molecule has 0 unspecified atom stereocenters. The summed E-state index contributed by atoms with van der Waals surface area (Å²) < 4.78 is 16.1. The molecule has 0 radical (unpaired) electrons. The number of ether oxygens (including phenoxy) is 2. The van der Waals surface area contributed by atoms with Crippen LogP contribution in [0, 0.1) is 5.92 Å². The summed E-state index contributed by atoms with van der Waals surface area (Å²) in [5.74, 6) is 2.38. The summed E-state index contributed by atoms with van der Waals surface area (Å²) >= 11 is 0. The number of carbonyl (C=O) groups excluding carboxylic acids is 1.